The van der Waals surface area contributed by atoms with Crippen LogP contribution in [0.25, 0.3) is 0 Å². The number of aromatic nitrogens is 2. The van der Waals surface area contributed by atoms with Crippen molar-refractivity contribution in [1.82, 2.24) is 9.78 Å². The van der Waals surface area contributed by atoms with Crippen LogP contribution in [0.3, 0.4) is 0 Å². The summed E-state index contributed by atoms with van der Waals surface area (Å²) in [6, 6.07) is 2.67. The SMILES string of the molecule is Cc1nn([C@H]2C[C@H](CC#N)C2)cc1N. The molecule has 0 bridgehead atoms. The molecular formula is C10H14N4. The molecule has 2 N–H and O–H groups in total. The molecule has 1 aliphatic rings. The fourth-order valence-electron chi connectivity index (χ4n) is 1.90. The second-order valence-electron chi connectivity index (χ2n) is 4.00. The summed E-state index contributed by atoms with van der Waals surface area (Å²) < 4.78 is 1.94. The molecule has 1 fully saturated rings. The zero-order valence-electron chi connectivity index (χ0n) is 8.27. The number of nitrogen functional groups attached to an aromatic ring is 1. The third-order valence-corrected chi connectivity index (χ3v) is 2.92. The van der Waals surface area contributed by atoms with E-state index in [1.165, 1.54) is 0 Å². The van der Waals surface area contributed by atoms with E-state index in [0.29, 0.717) is 18.4 Å². The number of hydrogen-bond donors (Lipinski definition) is 1. The van der Waals surface area contributed by atoms with E-state index in [1.54, 1.807) is 0 Å². The predicted octanol–water partition coefficient (Wildman–Crippen LogP) is 1.64. The van der Waals surface area contributed by atoms with Crippen molar-refractivity contribution < 1.29 is 0 Å². The molecule has 1 aromatic rings. The van der Waals surface area contributed by atoms with Gasteiger partial charge in [0.05, 0.1) is 23.5 Å². The van der Waals surface area contributed by atoms with Crippen LogP contribution >= 0.6 is 0 Å². The Balaban J connectivity index is 1.97. The number of rotatable bonds is 2. The number of aryl methyl sites for hydroxylation is 1. The van der Waals surface area contributed by atoms with Crippen molar-refractivity contribution in [2.24, 2.45) is 5.92 Å². The van der Waals surface area contributed by atoms with Gasteiger partial charge >= 0.3 is 0 Å². The van der Waals surface area contributed by atoms with Crippen LogP contribution in [-0.2, 0) is 0 Å². The van der Waals surface area contributed by atoms with Gasteiger partial charge in [-0.15, -0.1) is 0 Å². The predicted molar refractivity (Wildman–Crippen MR) is 53.4 cm³/mol. The first-order valence-corrected chi connectivity index (χ1v) is 4.89. The van der Waals surface area contributed by atoms with Crippen LogP contribution in [0.5, 0.6) is 0 Å². The van der Waals surface area contributed by atoms with Gasteiger partial charge in [-0.05, 0) is 25.7 Å². The number of nitrogens with two attached hydrogens (primary N) is 1. The lowest BCUT2D eigenvalue weighted by Gasteiger charge is -2.33. The van der Waals surface area contributed by atoms with E-state index in [0.717, 1.165) is 24.2 Å². The molecule has 0 saturated heterocycles. The maximum atomic E-state index is 8.51. The van der Waals surface area contributed by atoms with Crippen molar-refractivity contribution in [3.05, 3.63) is 11.9 Å². The molecule has 4 heteroatoms. The van der Waals surface area contributed by atoms with E-state index in [4.69, 9.17) is 11.0 Å². The molecule has 0 aliphatic heterocycles. The second-order valence-corrected chi connectivity index (χ2v) is 4.00. The Bertz CT molecular complexity index is 348. The topological polar surface area (TPSA) is 67.6 Å². The highest BCUT2D eigenvalue weighted by atomic mass is 15.3. The Labute approximate surface area is 83.3 Å². The molecule has 0 amide bonds. The molecule has 14 heavy (non-hydrogen) atoms. The highest BCUT2D eigenvalue weighted by molar-refractivity contribution is 5.39. The lowest BCUT2D eigenvalue weighted by atomic mass is 9.79. The summed E-state index contributed by atoms with van der Waals surface area (Å²) in [4.78, 5) is 0. The minimum atomic E-state index is 0.462. The molecule has 0 atom stereocenters. The van der Waals surface area contributed by atoms with Gasteiger partial charge in [-0.2, -0.15) is 10.4 Å². The summed E-state index contributed by atoms with van der Waals surface area (Å²) in [7, 11) is 0. The summed E-state index contributed by atoms with van der Waals surface area (Å²) in [5.41, 5.74) is 7.37. The standard InChI is InChI=1S/C10H14N4/c1-7-10(12)6-14(13-7)9-4-8(5-9)2-3-11/h6,8-9H,2,4-5,12H2,1H3/t8-,9-. The van der Waals surface area contributed by atoms with Gasteiger partial charge in [0, 0.05) is 12.6 Å². The fraction of sp³-hybridized carbons (Fsp3) is 0.600. The third kappa shape index (κ3) is 1.46. The number of anilines is 1. The summed E-state index contributed by atoms with van der Waals surface area (Å²) in [6.45, 7) is 1.91. The van der Waals surface area contributed by atoms with E-state index >= 15 is 0 Å². The lowest BCUT2D eigenvalue weighted by Crippen LogP contribution is -2.26. The normalized spacial score (nSPS) is 25.4. The van der Waals surface area contributed by atoms with Gasteiger partial charge in [-0.1, -0.05) is 0 Å². The van der Waals surface area contributed by atoms with Gasteiger partial charge in [0.15, 0.2) is 0 Å². The minimum absolute atomic E-state index is 0.462. The number of hydrogen-bond acceptors (Lipinski definition) is 3. The Kier molecular flexibility index (Phi) is 2.16. The molecule has 1 saturated carbocycles. The van der Waals surface area contributed by atoms with E-state index in [1.807, 2.05) is 17.8 Å². The van der Waals surface area contributed by atoms with Crippen molar-refractivity contribution in [1.29, 1.82) is 5.26 Å². The Morgan fingerprint density at radius 1 is 1.71 bits per heavy atom. The Hall–Kier alpha value is -1.50. The van der Waals surface area contributed by atoms with Crippen LogP contribution in [0.2, 0.25) is 0 Å². The Morgan fingerprint density at radius 3 is 2.93 bits per heavy atom. The first kappa shape index (κ1) is 9.07. The molecule has 0 unspecified atom stereocenters. The average molecular weight is 190 g/mol. The third-order valence-electron chi connectivity index (χ3n) is 2.92. The molecular weight excluding hydrogens is 176 g/mol. The molecule has 4 nitrogen and oxygen atoms in total. The zero-order chi connectivity index (χ0) is 10.1. The summed E-state index contributed by atoms with van der Waals surface area (Å²) in [6.07, 6.45) is 4.69. The highest BCUT2D eigenvalue weighted by Crippen LogP contribution is 2.39. The molecule has 0 spiro atoms. The largest absolute Gasteiger partial charge is 0.396 e. The van der Waals surface area contributed by atoms with Crippen LogP contribution in [0.4, 0.5) is 5.69 Å². The van der Waals surface area contributed by atoms with E-state index in [-0.39, 0.29) is 0 Å². The summed E-state index contributed by atoms with van der Waals surface area (Å²) >= 11 is 0. The van der Waals surface area contributed by atoms with Crippen molar-refractivity contribution in [3.63, 3.8) is 0 Å². The molecule has 0 aromatic carbocycles. The van der Waals surface area contributed by atoms with Gasteiger partial charge in [0.25, 0.3) is 0 Å². The van der Waals surface area contributed by atoms with Gasteiger partial charge in [-0.3, -0.25) is 4.68 Å². The molecule has 0 radical (unpaired) electrons. The molecule has 1 heterocycles. The maximum absolute atomic E-state index is 8.51. The monoisotopic (exact) mass is 190 g/mol. The molecule has 2 rings (SSSR count). The fourth-order valence-corrected chi connectivity index (χ4v) is 1.90. The summed E-state index contributed by atoms with van der Waals surface area (Å²) in [5.74, 6) is 0.565. The van der Waals surface area contributed by atoms with Gasteiger partial charge < -0.3 is 5.73 Å². The second kappa shape index (κ2) is 3.33. The number of nitrogens with zero attached hydrogens (tertiary/aromatic N) is 3. The van der Waals surface area contributed by atoms with E-state index in [9.17, 15) is 0 Å². The van der Waals surface area contributed by atoms with Crippen LogP contribution in [0.15, 0.2) is 6.20 Å². The Morgan fingerprint density at radius 2 is 2.43 bits per heavy atom. The van der Waals surface area contributed by atoms with Crippen LogP contribution in [0.1, 0.15) is 31.0 Å². The van der Waals surface area contributed by atoms with Gasteiger partial charge in [0.2, 0.25) is 0 Å². The minimum Gasteiger partial charge on any atom is -0.396 e. The van der Waals surface area contributed by atoms with Crippen molar-refractivity contribution in [3.8, 4) is 6.07 Å². The van der Waals surface area contributed by atoms with Crippen molar-refractivity contribution in [2.75, 3.05) is 5.73 Å². The molecule has 74 valence electrons. The molecule has 1 aromatic heterocycles. The van der Waals surface area contributed by atoms with E-state index in [2.05, 4.69) is 11.2 Å². The lowest BCUT2D eigenvalue weighted by molar-refractivity contribution is 0.187. The quantitative estimate of drug-likeness (QED) is 0.770. The van der Waals surface area contributed by atoms with Gasteiger partial charge in [0.1, 0.15) is 0 Å². The maximum Gasteiger partial charge on any atom is 0.0823 e. The van der Waals surface area contributed by atoms with Crippen LogP contribution in [0, 0.1) is 24.2 Å². The van der Waals surface area contributed by atoms with Crippen molar-refractivity contribution >= 4 is 5.69 Å². The van der Waals surface area contributed by atoms with Gasteiger partial charge in [-0.25, -0.2) is 0 Å². The average Bonchev–Trinajstić information content (AvgIpc) is 2.38. The van der Waals surface area contributed by atoms with E-state index < -0.39 is 0 Å². The summed E-state index contributed by atoms with van der Waals surface area (Å²) in [5, 5.41) is 12.8. The van der Waals surface area contributed by atoms with Crippen LogP contribution < -0.4 is 5.73 Å². The highest BCUT2D eigenvalue weighted by Gasteiger charge is 2.30. The number of nitriles is 1. The smallest absolute Gasteiger partial charge is 0.0823 e. The molecule has 1 aliphatic carbocycles. The van der Waals surface area contributed by atoms with Crippen molar-refractivity contribution in [2.45, 2.75) is 32.2 Å². The first-order valence-electron chi connectivity index (χ1n) is 4.89. The zero-order valence-corrected chi connectivity index (χ0v) is 8.27. The van der Waals surface area contributed by atoms with Crippen LogP contribution in [-0.4, -0.2) is 9.78 Å². The first-order chi connectivity index (χ1) is 6.70.